The minimum atomic E-state index is -4.02. The summed E-state index contributed by atoms with van der Waals surface area (Å²) in [6.07, 6.45) is 0. The topological polar surface area (TPSA) is 152 Å². The van der Waals surface area contributed by atoms with E-state index in [9.17, 15) is 13.2 Å². The molecule has 0 saturated heterocycles. The van der Waals surface area contributed by atoms with Crippen LogP contribution in [0.4, 0.5) is 0 Å². The second-order valence-electron chi connectivity index (χ2n) is 4.05. The van der Waals surface area contributed by atoms with E-state index in [1.807, 2.05) is 10.9 Å². The molecular formula is C10H15ClN6O3S2. The Hall–Kier alpha value is -1.53. The van der Waals surface area contributed by atoms with Crippen LogP contribution in [-0.2, 0) is 14.8 Å². The Morgan fingerprint density at radius 1 is 1.36 bits per heavy atom. The van der Waals surface area contributed by atoms with Crippen LogP contribution in [0.5, 0.6) is 0 Å². The van der Waals surface area contributed by atoms with E-state index in [1.54, 1.807) is 6.92 Å². The minimum absolute atomic E-state index is 0.107. The molecule has 0 atom stereocenters. The Labute approximate surface area is 137 Å². The lowest BCUT2D eigenvalue weighted by atomic mass is 10.2. The van der Waals surface area contributed by atoms with Gasteiger partial charge in [0.15, 0.2) is 0 Å². The van der Waals surface area contributed by atoms with Gasteiger partial charge in [-0.25, -0.2) is 29.8 Å². The van der Waals surface area contributed by atoms with Gasteiger partial charge in [0.25, 0.3) is 15.9 Å². The van der Waals surface area contributed by atoms with Crippen molar-refractivity contribution in [2.45, 2.75) is 16.7 Å². The van der Waals surface area contributed by atoms with E-state index in [0.717, 1.165) is 0 Å². The molecule has 122 valence electrons. The van der Waals surface area contributed by atoms with Crippen LogP contribution in [0.3, 0.4) is 0 Å². The summed E-state index contributed by atoms with van der Waals surface area (Å²) < 4.78 is 26.7. The summed E-state index contributed by atoms with van der Waals surface area (Å²) in [6.45, 7) is 1.24. The molecule has 1 amide bonds. The summed E-state index contributed by atoms with van der Waals surface area (Å²) in [5.74, 6) is 9.10. The smallest absolute Gasteiger partial charge is 0.265 e. The summed E-state index contributed by atoms with van der Waals surface area (Å²) >= 11 is 9.98. The average molecular weight is 367 g/mol. The quantitative estimate of drug-likeness (QED) is 0.101. The number of hydrazine groups is 2. The number of guanidine groups is 1. The van der Waals surface area contributed by atoms with Crippen LogP contribution in [0, 0.1) is 6.92 Å². The number of rotatable bonds is 4. The highest BCUT2D eigenvalue weighted by atomic mass is 35.5. The van der Waals surface area contributed by atoms with Gasteiger partial charge >= 0.3 is 0 Å². The van der Waals surface area contributed by atoms with Gasteiger partial charge in [-0.3, -0.25) is 15.6 Å². The highest BCUT2D eigenvalue weighted by Crippen LogP contribution is 2.26. The number of benzene rings is 1. The van der Waals surface area contributed by atoms with Gasteiger partial charge in [0, 0.05) is 9.92 Å². The monoisotopic (exact) mass is 366 g/mol. The number of hydrogen-bond acceptors (Lipinski definition) is 7. The first-order valence-corrected chi connectivity index (χ1v) is 8.04. The van der Waals surface area contributed by atoms with Gasteiger partial charge < -0.3 is 0 Å². The second kappa shape index (κ2) is 7.65. The summed E-state index contributed by atoms with van der Waals surface area (Å²) in [4.78, 5) is 14.7. The first-order chi connectivity index (χ1) is 10.2. The fraction of sp³-hybridized carbons (Fsp3) is 0.200. The van der Waals surface area contributed by atoms with Crippen LogP contribution < -0.4 is 27.3 Å². The number of nitrogens with two attached hydrogens (primary N) is 2. The molecule has 9 nitrogen and oxygen atoms in total. The van der Waals surface area contributed by atoms with Crippen LogP contribution in [0.25, 0.3) is 0 Å². The Bertz CT molecular complexity index is 707. The molecule has 0 aliphatic carbocycles. The minimum Gasteiger partial charge on any atom is -0.294 e. The van der Waals surface area contributed by atoms with E-state index < -0.39 is 22.5 Å². The molecule has 0 unspecified atom stereocenters. The molecule has 0 bridgehead atoms. The third kappa shape index (κ3) is 4.74. The van der Waals surface area contributed by atoms with Crippen molar-refractivity contribution in [1.29, 1.82) is 0 Å². The van der Waals surface area contributed by atoms with Crippen molar-refractivity contribution < 1.29 is 13.2 Å². The lowest BCUT2D eigenvalue weighted by Gasteiger charge is -2.12. The highest BCUT2D eigenvalue weighted by Gasteiger charge is 2.20. The van der Waals surface area contributed by atoms with Gasteiger partial charge in [-0.1, -0.05) is 11.6 Å². The summed E-state index contributed by atoms with van der Waals surface area (Å²) in [5.41, 5.74) is 4.44. The molecular weight excluding hydrogens is 352 g/mol. The predicted molar refractivity (Wildman–Crippen MR) is 85.7 cm³/mol. The summed E-state index contributed by atoms with van der Waals surface area (Å²) in [7, 11) is -4.02. The van der Waals surface area contributed by atoms with E-state index in [2.05, 4.69) is 22.3 Å². The van der Waals surface area contributed by atoms with Crippen LogP contribution in [0.15, 0.2) is 26.9 Å². The molecule has 0 aliphatic rings. The molecule has 0 fully saturated rings. The van der Waals surface area contributed by atoms with Gasteiger partial charge in [0.05, 0.1) is 0 Å². The zero-order valence-electron chi connectivity index (χ0n) is 11.4. The van der Waals surface area contributed by atoms with Crippen LogP contribution >= 0.6 is 24.2 Å². The van der Waals surface area contributed by atoms with Crippen molar-refractivity contribution in [3.63, 3.8) is 0 Å². The standard InChI is InChI=1S/C10H15ClN6O3S2/c1-5-2-8(7(21)3-6(5)11)22(19,20)17-10(16-13)14-4-9(18)15-12/h2-3,21H,4,12-13H2,1H3,(H,15,18)(H2,14,16,17). The van der Waals surface area contributed by atoms with Gasteiger partial charge in [0.1, 0.15) is 11.4 Å². The first kappa shape index (κ1) is 18.5. The molecule has 1 aromatic carbocycles. The van der Waals surface area contributed by atoms with Gasteiger partial charge in [-0.15, -0.1) is 12.6 Å². The van der Waals surface area contributed by atoms with E-state index in [4.69, 9.17) is 23.3 Å². The van der Waals surface area contributed by atoms with Crippen LogP contribution in [0.2, 0.25) is 5.02 Å². The van der Waals surface area contributed by atoms with Crippen LogP contribution in [-0.4, -0.2) is 26.8 Å². The van der Waals surface area contributed by atoms with Crippen LogP contribution in [0.1, 0.15) is 5.56 Å². The largest absolute Gasteiger partial charge is 0.294 e. The normalized spacial score (nSPS) is 12.0. The van der Waals surface area contributed by atoms with Crippen molar-refractivity contribution in [2.24, 2.45) is 16.7 Å². The maximum absolute atomic E-state index is 12.3. The van der Waals surface area contributed by atoms with Crippen molar-refractivity contribution in [3.05, 3.63) is 22.7 Å². The first-order valence-electron chi connectivity index (χ1n) is 5.73. The number of carbonyl (C=O) groups excluding carboxylic acids is 1. The van der Waals surface area contributed by atoms with Gasteiger partial charge in [-0.05, 0) is 24.6 Å². The number of aliphatic imine (C=N–C) groups is 1. The maximum Gasteiger partial charge on any atom is 0.265 e. The number of halogens is 1. The fourth-order valence-electron chi connectivity index (χ4n) is 1.35. The number of amides is 1. The number of nitrogens with one attached hydrogen (secondary N) is 3. The number of aryl methyl sites for hydroxylation is 1. The summed E-state index contributed by atoms with van der Waals surface area (Å²) in [5, 5.41) is 0.384. The van der Waals surface area contributed by atoms with Gasteiger partial charge in [-0.2, -0.15) is 0 Å². The SMILES string of the molecule is Cc1cc(S(=O)(=O)NC(=NCC(=O)NN)NN)c(S)cc1Cl. The zero-order valence-corrected chi connectivity index (χ0v) is 13.9. The third-order valence-corrected chi connectivity index (χ3v) is 4.75. The number of nitrogens with zero attached hydrogens (tertiary/aromatic N) is 1. The van der Waals surface area contributed by atoms with Crippen molar-refractivity contribution >= 4 is 46.1 Å². The predicted octanol–water partition coefficient (Wildman–Crippen LogP) is -0.975. The van der Waals surface area contributed by atoms with Gasteiger partial charge in [0.2, 0.25) is 5.96 Å². The van der Waals surface area contributed by atoms with E-state index in [0.29, 0.717) is 10.6 Å². The molecule has 22 heavy (non-hydrogen) atoms. The molecule has 0 spiro atoms. The molecule has 0 saturated carbocycles. The Kier molecular flexibility index (Phi) is 6.44. The van der Waals surface area contributed by atoms with E-state index in [-0.39, 0.29) is 15.8 Å². The molecule has 0 aromatic heterocycles. The Balaban J connectivity index is 3.09. The van der Waals surface area contributed by atoms with Crippen molar-refractivity contribution in [2.75, 3.05) is 6.54 Å². The number of hydrogen-bond donors (Lipinski definition) is 6. The Morgan fingerprint density at radius 2 is 2.00 bits per heavy atom. The maximum atomic E-state index is 12.3. The van der Waals surface area contributed by atoms with E-state index >= 15 is 0 Å². The molecule has 0 radical (unpaired) electrons. The van der Waals surface area contributed by atoms with Crippen molar-refractivity contribution in [1.82, 2.24) is 15.6 Å². The van der Waals surface area contributed by atoms with Crippen molar-refractivity contribution in [3.8, 4) is 0 Å². The lowest BCUT2D eigenvalue weighted by molar-refractivity contribution is -0.119. The number of sulfonamides is 1. The number of thiol groups is 1. The molecule has 0 aliphatic heterocycles. The number of carbonyl (C=O) groups is 1. The average Bonchev–Trinajstić information content (AvgIpc) is 2.46. The third-order valence-electron chi connectivity index (χ3n) is 2.44. The highest BCUT2D eigenvalue weighted by molar-refractivity contribution is 7.91. The molecule has 0 heterocycles. The fourth-order valence-corrected chi connectivity index (χ4v) is 3.29. The molecule has 12 heteroatoms. The van der Waals surface area contributed by atoms with E-state index in [1.165, 1.54) is 12.1 Å². The molecule has 7 N–H and O–H groups in total. The summed E-state index contributed by atoms with van der Waals surface area (Å²) in [6, 6.07) is 2.76. The molecule has 1 aromatic rings. The lowest BCUT2D eigenvalue weighted by Crippen LogP contribution is -2.45. The second-order valence-corrected chi connectivity index (χ2v) is 6.59. The molecule has 1 rings (SSSR count). The Morgan fingerprint density at radius 3 is 2.55 bits per heavy atom. The zero-order chi connectivity index (χ0) is 16.9.